The summed E-state index contributed by atoms with van der Waals surface area (Å²) in [5.74, 6) is -0.0819. The summed E-state index contributed by atoms with van der Waals surface area (Å²) in [7, 11) is 1.56. The summed E-state index contributed by atoms with van der Waals surface area (Å²) in [6.45, 7) is 5.53. The highest BCUT2D eigenvalue weighted by molar-refractivity contribution is 6.06. The molecule has 1 aliphatic rings. The number of piperazine rings is 1. The molecule has 0 saturated carbocycles. The molecule has 0 N–H and O–H groups in total. The summed E-state index contributed by atoms with van der Waals surface area (Å²) in [6.07, 6.45) is 1.41. The molecule has 3 aromatic rings. The molecule has 2 aromatic heterocycles. The number of nitrogens with zero attached hydrogens (tertiary/aromatic N) is 4. The standard InChI is InChI=1S/C22H25FN4O4/c1-15-18(19-20(31-15)24-14-27(22(19)29)11-12-30-2)21(28)26-9-7-25(8-10-26)13-16-3-5-17(23)6-4-16/h3-6,14H,7-13H2,1-2H3. The predicted molar refractivity (Wildman–Crippen MR) is 112 cm³/mol. The number of carbonyl (C=O) groups is 1. The normalized spacial score (nSPS) is 15.0. The van der Waals surface area contributed by atoms with E-state index in [0.29, 0.717) is 51.6 Å². The van der Waals surface area contributed by atoms with Gasteiger partial charge in [0, 0.05) is 39.8 Å². The Labute approximate surface area is 178 Å². The number of carbonyl (C=O) groups excluding carboxylic acids is 1. The van der Waals surface area contributed by atoms with Gasteiger partial charge < -0.3 is 14.1 Å². The third-order valence-corrected chi connectivity index (χ3v) is 5.58. The van der Waals surface area contributed by atoms with Crippen LogP contribution < -0.4 is 5.56 Å². The summed E-state index contributed by atoms with van der Waals surface area (Å²) in [6, 6.07) is 6.45. The number of methoxy groups -OCH3 is 1. The zero-order valence-corrected chi connectivity index (χ0v) is 17.6. The van der Waals surface area contributed by atoms with Crippen molar-refractivity contribution in [3.63, 3.8) is 0 Å². The number of ether oxygens (including phenoxy) is 1. The Morgan fingerprint density at radius 3 is 2.58 bits per heavy atom. The van der Waals surface area contributed by atoms with Crippen LogP contribution in [0.15, 0.2) is 39.8 Å². The third kappa shape index (κ3) is 4.38. The second-order valence-corrected chi connectivity index (χ2v) is 7.64. The average molecular weight is 428 g/mol. The molecular formula is C22H25FN4O4. The van der Waals surface area contributed by atoms with E-state index >= 15 is 0 Å². The number of amides is 1. The van der Waals surface area contributed by atoms with E-state index in [1.807, 2.05) is 0 Å². The molecule has 0 radical (unpaired) electrons. The van der Waals surface area contributed by atoms with E-state index in [-0.39, 0.29) is 33.9 Å². The molecule has 9 heteroatoms. The Kier molecular flexibility index (Phi) is 6.15. The lowest BCUT2D eigenvalue weighted by atomic mass is 10.1. The zero-order valence-electron chi connectivity index (χ0n) is 17.6. The monoisotopic (exact) mass is 428 g/mol. The number of hydrogen-bond donors (Lipinski definition) is 0. The molecule has 1 saturated heterocycles. The van der Waals surface area contributed by atoms with Crippen LogP contribution in [0.2, 0.25) is 0 Å². The van der Waals surface area contributed by atoms with E-state index < -0.39 is 0 Å². The Morgan fingerprint density at radius 2 is 1.90 bits per heavy atom. The maximum absolute atomic E-state index is 13.3. The number of rotatable bonds is 6. The Hall–Kier alpha value is -3.04. The highest BCUT2D eigenvalue weighted by Gasteiger charge is 2.29. The highest BCUT2D eigenvalue weighted by atomic mass is 19.1. The Morgan fingerprint density at radius 1 is 1.19 bits per heavy atom. The first-order valence-electron chi connectivity index (χ1n) is 10.2. The van der Waals surface area contributed by atoms with Gasteiger partial charge in [-0.3, -0.25) is 19.1 Å². The molecule has 4 rings (SSSR count). The van der Waals surface area contributed by atoms with Gasteiger partial charge in [-0.15, -0.1) is 0 Å². The smallest absolute Gasteiger partial charge is 0.265 e. The first kappa shape index (κ1) is 21.2. The fourth-order valence-electron chi connectivity index (χ4n) is 3.86. The van der Waals surface area contributed by atoms with Crippen LogP contribution in [0.25, 0.3) is 11.1 Å². The van der Waals surface area contributed by atoms with E-state index in [1.54, 1.807) is 31.1 Å². The largest absolute Gasteiger partial charge is 0.442 e. The van der Waals surface area contributed by atoms with Crippen LogP contribution in [0, 0.1) is 12.7 Å². The van der Waals surface area contributed by atoms with Gasteiger partial charge in [-0.2, -0.15) is 0 Å². The van der Waals surface area contributed by atoms with Gasteiger partial charge in [-0.1, -0.05) is 12.1 Å². The summed E-state index contributed by atoms with van der Waals surface area (Å²) < 4.78 is 25.2. The van der Waals surface area contributed by atoms with Gasteiger partial charge in [0.25, 0.3) is 11.5 Å². The molecule has 1 aliphatic heterocycles. The molecule has 0 atom stereocenters. The predicted octanol–water partition coefficient (Wildman–Crippen LogP) is 2.04. The maximum atomic E-state index is 13.3. The molecule has 0 spiro atoms. The van der Waals surface area contributed by atoms with E-state index in [1.165, 1.54) is 23.0 Å². The molecule has 0 unspecified atom stereocenters. The molecule has 1 aromatic carbocycles. The number of halogens is 1. The Balaban J connectivity index is 1.50. The van der Waals surface area contributed by atoms with Crippen LogP contribution in [-0.2, 0) is 17.8 Å². The van der Waals surface area contributed by atoms with E-state index in [0.717, 1.165) is 5.56 Å². The lowest BCUT2D eigenvalue weighted by Crippen LogP contribution is -2.48. The molecular weight excluding hydrogens is 403 g/mol. The molecule has 164 valence electrons. The fraction of sp³-hybridized carbons (Fsp3) is 0.409. The average Bonchev–Trinajstić information content (AvgIpc) is 3.11. The quantitative estimate of drug-likeness (QED) is 0.598. The number of aromatic nitrogens is 2. The van der Waals surface area contributed by atoms with Crippen molar-refractivity contribution in [1.29, 1.82) is 0 Å². The zero-order chi connectivity index (χ0) is 22.0. The van der Waals surface area contributed by atoms with E-state index in [4.69, 9.17) is 9.15 Å². The number of furan rings is 1. The lowest BCUT2D eigenvalue weighted by Gasteiger charge is -2.34. The second kappa shape index (κ2) is 8.99. The number of hydrogen-bond acceptors (Lipinski definition) is 6. The fourth-order valence-corrected chi connectivity index (χ4v) is 3.86. The van der Waals surface area contributed by atoms with Crippen molar-refractivity contribution in [2.24, 2.45) is 0 Å². The highest BCUT2D eigenvalue weighted by Crippen LogP contribution is 2.23. The van der Waals surface area contributed by atoms with Crippen molar-refractivity contribution < 1.29 is 18.3 Å². The molecule has 1 amide bonds. The van der Waals surface area contributed by atoms with Crippen LogP contribution in [0.1, 0.15) is 21.7 Å². The SMILES string of the molecule is COCCn1cnc2oc(C)c(C(=O)N3CCN(Cc4ccc(F)cc4)CC3)c2c1=O. The van der Waals surface area contributed by atoms with Crippen molar-refractivity contribution in [3.05, 3.63) is 63.7 Å². The molecule has 31 heavy (non-hydrogen) atoms. The number of fused-ring (bicyclic) bond motifs is 1. The molecule has 1 fully saturated rings. The minimum atomic E-state index is -0.308. The lowest BCUT2D eigenvalue weighted by molar-refractivity contribution is 0.0628. The number of aryl methyl sites for hydroxylation is 1. The van der Waals surface area contributed by atoms with Gasteiger partial charge in [0.15, 0.2) is 0 Å². The molecule has 3 heterocycles. The summed E-state index contributed by atoms with van der Waals surface area (Å²) in [5.41, 5.74) is 1.18. The van der Waals surface area contributed by atoms with E-state index in [9.17, 15) is 14.0 Å². The summed E-state index contributed by atoms with van der Waals surface area (Å²) in [4.78, 5) is 34.4. The van der Waals surface area contributed by atoms with Crippen LogP contribution in [-0.4, -0.2) is 65.2 Å². The van der Waals surface area contributed by atoms with Gasteiger partial charge >= 0.3 is 0 Å². The van der Waals surface area contributed by atoms with Crippen molar-refractivity contribution in [3.8, 4) is 0 Å². The van der Waals surface area contributed by atoms with Crippen LogP contribution in [0.4, 0.5) is 4.39 Å². The van der Waals surface area contributed by atoms with Gasteiger partial charge in [0.1, 0.15) is 23.3 Å². The summed E-state index contributed by atoms with van der Waals surface area (Å²) >= 11 is 0. The van der Waals surface area contributed by atoms with Crippen LogP contribution in [0.5, 0.6) is 0 Å². The van der Waals surface area contributed by atoms with E-state index in [2.05, 4.69) is 9.88 Å². The van der Waals surface area contributed by atoms with Crippen molar-refractivity contribution >= 4 is 17.0 Å². The van der Waals surface area contributed by atoms with Gasteiger partial charge in [-0.25, -0.2) is 9.37 Å². The number of benzene rings is 1. The summed E-state index contributed by atoms with van der Waals surface area (Å²) in [5, 5.41) is 0.217. The topological polar surface area (TPSA) is 80.8 Å². The second-order valence-electron chi connectivity index (χ2n) is 7.64. The van der Waals surface area contributed by atoms with Crippen molar-refractivity contribution in [1.82, 2.24) is 19.4 Å². The maximum Gasteiger partial charge on any atom is 0.265 e. The van der Waals surface area contributed by atoms with Crippen molar-refractivity contribution in [2.75, 3.05) is 39.9 Å². The molecule has 8 nitrogen and oxygen atoms in total. The minimum Gasteiger partial charge on any atom is -0.442 e. The molecule has 0 bridgehead atoms. The van der Waals surface area contributed by atoms with Crippen LogP contribution in [0.3, 0.4) is 0 Å². The first-order chi connectivity index (χ1) is 15.0. The third-order valence-electron chi connectivity index (χ3n) is 5.58. The van der Waals surface area contributed by atoms with Gasteiger partial charge in [0.05, 0.1) is 18.7 Å². The van der Waals surface area contributed by atoms with Gasteiger partial charge in [0.2, 0.25) is 5.71 Å². The van der Waals surface area contributed by atoms with Crippen molar-refractivity contribution in [2.45, 2.75) is 20.0 Å². The minimum absolute atomic E-state index is 0.175. The Bertz CT molecular complexity index is 1130. The van der Waals surface area contributed by atoms with Crippen LogP contribution >= 0.6 is 0 Å². The first-order valence-corrected chi connectivity index (χ1v) is 10.2. The van der Waals surface area contributed by atoms with Gasteiger partial charge in [-0.05, 0) is 24.6 Å². The molecule has 0 aliphatic carbocycles.